The Hall–Kier alpha value is -1.36. The Labute approximate surface area is 82.3 Å². The lowest BCUT2D eigenvalue weighted by Crippen LogP contribution is -2.43. The first-order valence-corrected chi connectivity index (χ1v) is 4.89. The first-order chi connectivity index (χ1) is 6.86. The first-order valence-electron chi connectivity index (χ1n) is 4.89. The van der Waals surface area contributed by atoms with Crippen LogP contribution < -0.4 is 10.6 Å². The van der Waals surface area contributed by atoms with Crippen LogP contribution in [0, 0.1) is 0 Å². The van der Waals surface area contributed by atoms with E-state index < -0.39 is 0 Å². The molecule has 1 saturated heterocycles. The number of anilines is 1. The van der Waals surface area contributed by atoms with Gasteiger partial charge in [0.25, 0.3) is 0 Å². The molecule has 0 aliphatic carbocycles. The molecule has 1 aliphatic rings. The minimum Gasteiger partial charge on any atom is -0.322 e. The van der Waals surface area contributed by atoms with Gasteiger partial charge in [-0.3, -0.25) is 9.89 Å². The first kappa shape index (κ1) is 9.21. The highest BCUT2D eigenvalue weighted by atomic mass is 16.2. The number of hydrogen-bond acceptors (Lipinski definition) is 3. The van der Waals surface area contributed by atoms with Crippen molar-refractivity contribution < 1.29 is 4.79 Å². The molecule has 3 N–H and O–H groups in total. The summed E-state index contributed by atoms with van der Waals surface area (Å²) in [5, 5.41) is 12.4. The smallest absolute Gasteiger partial charge is 0.241 e. The molecule has 1 amide bonds. The molecule has 0 aromatic carbocycles. The zero-order valence-electron chi connectivity index (χ0n) is 7.92. The number of amides is 1. The van der Waals surface area contributed by atoms with Crippen molar-refractivity contribution in [2.45, 2.75) is 25.3 Å². The number of hydrogen-bond donors (Lipinski definition) is 3. The number of carbonyl (C=O) groups is 1. The van der Waals surface area contributed by atoms with E-state index in [-0.39, 0.29) is 11.9 Å². The van der Waals surface area contributed by atoms with Gasteiger partial charge >= 0.3 is 0 Å². The highest BCUT2D eigenvalue weighted by Crippen LogP contribution is 2.09. The molecule has 0 bridgehead atoms. The number of rotatable bonds is 2. The average molecular weight is 194 g/mol. The second kappa shape index (κ2) is 4.23. The fraction of sp³-hybridized carbons (Fsp3) is 0.556. The molecule has 1 aromatic heterocycles. The van der Waals surface area contributed by atoms with Crippen LogP contribution in [0.15, 0.2) is 12.4 Å². The molecule has 0 saturated carbocycles. The molecule has 0 spiro atoms. The van der Waals surface area contributed by atoms with Crippen LogP contribution in [0.1, 0.15) is 19.3 Å². The van der Waals surface area contributed by atoms with Gasteiger partial charge in [0, 0.05) is 6.20 Å². The van der Waals surface area contributed by atoms with Gasteiger partial charge in [-0.05, 0) is 19.4 Å². The van der Waals surface area contributed by atoms with Gasteiger partial charge in [0.2, 0.25) is 5.91 Å². The Kier molecular flexibility index (Phi) is 2.78. The summed E-state index contributed by atoms with van der Waals surface area (Å²) in [6.45, 7) is 0.934. The van der Waals surface area contributed by atoms with E-state index in [2.05, 4.69) is 20.8 Å². The number of aromatic amines is 1. The van der Waals surface area contributed by atoms with Crippen molar-refractivity contribution in [1.29, 1.82) is 0 Å². The molecule has 2 heterocycles. The van der Waals surface area contributed by atoms with E-state index in [1.54, 1.807) is 12.4 Å². The molecule has 5 heteroatoms. The topological polar surface area (TPSA) is 69.8 Å². The van der Waals surface area contributed by atoms with Gasteiger partial charge in [0.05, 0.1) is 17.9 Å². The number of H-pyrrole nitrogens is 1. The molecule has 1 fully saturated rings. The van der Waals surface area contributed by atoms with Crippen LogP contribution in [0.25, 0.3) is 0 Å². The van der Waals surface area contributed by atoms with Crippen molar-refractivity contribution in [1.82, 2.24) is 15.5 Å². The Balaban J connectivity index is 1.88. The summed E-state index contributed by atoms with van der Waals surface area (Å²) in [6.07, 6.45) is 6.47. The Morgan fingerprint density at radius 1 is 1.57 bits per heavy atom. The molecule has 1 aromatic rings. The largest absolute Gasteiger partial charge is 0.322 e. The van der Waals surface area contributed by atoms with Crippen LogP contribution >= 0.6 is 0 Å². The Bertz CT molecular complexity index is 290. The van der Waals surface area contributed by atoms with Gasteiger partial charge in [0.1, 0.15) is 0 Å². The average Bonchev–Trinajstić information content (AvgIpc) is 2.72. The summed E-state index contributed by atoms with van der Waals surface area (Å²) < 4.78 is 0. The molecular formula is C9H14N4O. The molecule has 1 atom stereocenters. The molecule has 0 radical (unpaired) electrons. The van der Waals surface area contributed by atoms with Gasteiger partial charge in [-0.15, -0.1) is 0 Å². The van der Waals surface area contributed by atoms with Crippen LogP contribution in [-0.2, 0) is 4.79 Å². The van der Waals surface area contributed by atoms with Crippen molar-refractivity contribution in [2.75, 3.05) is 11.9 Å². The third-order valence-corrected chi connectivity index (χ3v) is 2.39. The summed E-state index contributed by atoms with van der Waals surface area (Å²) in [5.41, 5.74) is 0.724. The maximum absolute atomic E-state index is 11.7. The predicted molar refractivity (Wildman–Crippen MR) is 52.9 cm³/mol. The third-order valence-electron chi connectivity index (χ3n) is 2.39. The number of nitrogens with one attached hydrogen (secondary N) is 3. The number of piperidine rings is 1. The van der Waals surface area contributed by atoms with Crippen LogP contribution in [0.5, 0.6) is 0 Å². The zero-order chi connectivity index (χ0) is 9.80. The maximum atomic E-state index is 11.7. The summed E-state index contributed by atoms with van der Waals surface area (Å²) >= 11 is 0. The monoisotopic (exact) mass is 194 g/mol. The fourth-order valence-corrected chi connectivity index (χ4v) is 1.62. The van der Waals surface area contributed by atoms with Gasteiger partial charge in [-0.1, -0.05) is 6.42 Å². The van der Waals surface area contributed by atoms with Crippen molar-refractivity contribution in [3.05, 3.63) is 12.4 Å². The number of aromatic nitrogens is 2. The maximum Gasteiger partial charge on any atom is 0.241 e. The summed E-state index contributed by atoms with van der Waals surface area (Å²) in [4.78, 5) is 11.7. The van der Waals surface area contributed by atoms with Crippen LogP contribution in [0.3, 0.4) is 0 Å². The number of nitrogens with zero attached hydrogens (tertiary/aromatic N) is 1. The zero-order valence-corrected chi connectivity index (χ0v) is 7.92. The van der Waals surface area contributed by atoms with Crippen LogP contribution in [0.4, 0.5) is 5.69 Å². The Morgan fingerprint density at radius 3 is 3.14 bits per heavy atom. The summed E-state index contributed by atoms with van der Waals surface area (Å²) in [5.74, 6) is 0.0334. The van der Waals surface area contributed by atoms with Crippen molar-refractivity contribution >= 4 is 11.6 Å². The fourth-order valence-electron chi connectivity index (χ4n) is 1.62. The van der Waals surface area contributed by atoms with Crippen LogP contribution in [-0.4, -0.2) is 28.7 Å². The van der Waals surface area contributed by atoms with Gasteiger partial charge < -0.3 is 10.6 Å². The lowest BCUT2D eigenvalue weighted by molar-refractivity contribution is -0.118. The number of carbonyl (C=O) groups excluding carboxylic acids is 1. The minimum absolute atomic E-state index is 0.0334. The van der Waals surface area contributed by atoms with E-state index in [1.165, 1.54) is 0 Å². The molecule has 1 aliphatic heterocycles. The molecule has 76 valence electrons. The van der Waals surface area contributed by atoms with Crippen molar-refractivity contribution in [2.24, 2.45) is 0 Å². The summed E-state index contributed by atoms with van der Waals surface area (Å²) in [6, 6.07) is -0.0429. The van der Waals surface area contributed by atoms with Gasteiger partial charge in [-0.2, -0.15) is 5.10 Å². The Morgan fingerprint density at radius 2 is 2.50 bits per heavy atom. The van der Waals surface area contributed by atoms with Crippen LogP contribution in [0.2, 0.25) is 0 Å². The second-order valence-electron chi connectivity index (χ2n) is 3.48. The quantitative estimate of drug-likeness (QED) is 0.641. The van der Waals surface area contributed by atoms with E-state index in [0.29, 0.717) is 0 Å². The van der Waals surface area contributed by atoms with E-state index in [4.69, 9.17) is 0 Å². The molecule has 0 unspecified atom stereocenters. The molecule has 5 nitrogen and oxygen atoms in total. The molecule has 14 heavy (non-hydrogen) atoms. The normalized spacial score (nSPS) is 21.9. The predicted octanol–water partition coefficient (Wildman–Crippen LogP) is 0.490. The molecule has 2 rings (SSSR count). The minimum atomic E-state index is -0.0429. The van der Waals surface area contributed by atoms with Crippen molar-refractivity contribution in [3.8, 4) is 0 Å². The van der Waals surface area contributed by atoms with Gasteiger partial charge in [-0.25, -0.2) is 0 Å². The molecular weight excluding hydrogens is 180 g/mol. The van der Waals surface area contributed by atoms with E-state index in [9.17, 15) is 4.79 Å². The van der Waals surface area contributed by atoms with E-state index in [0.717, 1.165) is 31.5 Å². The highest BCUT2D eigenvalue weighted by Gasteiger charge is 2.20. The standard InChI is InChI=1S/C9H14N4O/c14-9(8-3-1-2-4-10-8)13-7-5-11-12-6-7/h5-6,8,10H,1-4H2,(H,11,12)(H,13,14)/t8-/m1/s1. The SMILES string of the molecule is O=C(Nc1cn[nH]c1)[C@H]1CCCCN1. The summed E-state index contributed by atoms with van der Waals surface area (Å²) in [7, 11) is 0. The lowest BCUT2D eigenvalue weighted by atomic mass is 10.0. The lowest BCUT2D eigenvalue weighted by Gasteiger charge is -2.21. The second-order valence-corrected chi connectivity index (χ2v) is 3.48. The van der Waals surface area contributed by atoms with E-state index >= 15 is 0 Å². The highest BCUT2D eigenvalue weighted by molar-refractivity contribution is 5.94. The van der Waals surface area contributed by atoms with Crippen molar-refractivity contribution in [3.63, 3.8) is 0 Å². The van der Waals surface area contributed by atoms with Gasteiger partial charge in [0.15, 0.2) is 0 Å². The third kappa shape index (κ3) is 2.11. The van der Waals surface area contributed by atoms with E-state index in [1.807, 2.05) is 0 Å².